The summed E-state index contributed by atoms with van der Waals surface area (Å²) < 4.78 is 11.0. The molecular weight excluding hydrogens is 362 g/mol. The van der Waals surface area contributed by atoms with Crippen molar-refractivity contribution < 1.29 is 19.1 Å². The smallest absolute Gasteiger partial charge is 0.230 e. The lowest BCUT2D eigenvalue weighted by Crippen LogP contribution is -2.33. The van der Waals surface area contributed by atoms with Crippen LogP contribution in [-0.4, -0.2) is 31.2 Å². The summed E-state index contributed by atoms with van der Waals surface area (Å²) in [5.74, 6) is 2.51. The molecule has 0 aromatic heterocycles. The fourth-order valence-electron chi connectivity index (χ4n) is 3.09. The van der Waals surface area contributed by atoms with E-state index in [1.807, 2.05) is 30.3 Å². The second-order valence-corrected chi connectivity index (χ2v) is 7.36. The van der Waals surface area contributed by atoms with Gasteiger partial charge in [-0.3, -0.25) is 9.59 Å². The number of carbonyl (C=O) groups is 2. The number of thioether (sulfide) groups is 1. The maximum Gasteiger partial charge on any atom is 0.230 e. The zero-order valence-corrected chi connectivity index (χ0v) is 16.3. The van der Waals surface area contributed by atoms with Crippen LogP contribution in [0.25, 0.3) is 0 Å². The minimum absolute atomic E-state index is 0.0107. The fraction of sp³-hybridized carbons (Fsp3) is 0.333. The van der Waals surface area contributed by atoms with Crippen LogP contribution in [0.15, 0.2) is 42.5 Å². The molecule has 5 nitrogen and oxygen atoms in total. The Kier molecular flexibility index (Phi) is 6.40. The Bertz CT molecular complexity index is 837. The van der Waals surface area contributed by atoms with Gasteiger partial charge in [-0.05, 0) is 31.2 Å². The first kappa shape index (κ1) is 19.3. The van der Waals surface area contributed by atoms with Gasteiger partial charge in [-0.15, -0.1) is 11.8 Å². The van der Waals surface area contributed by atoms with Gasteiger partial charge in [0.05, 0.1) is 25.5 Å². The van der Waals surface area contributed by atoms with Crippen molar-refractivity contribution in [3.63, 3.8) is 0 Å². The number of hydrogen-bond acceptors (Lipinski definition) is 5. The third kappa shape index (κ3) is 4.83. The molecule has 1 N–H and O–H groups in total. The van der Waals surface area contributed by atoms with Gasteiger partial charge in [0.2, 0.25) is 5.91 Å². The molecule has 1 amide bonds. The molecule has 2 aromatic rings. The molecule has 1 heterocycles. The lowest BCUT2D eigenvalue weighted by Gasteiger charge is -2.26. The van der Waals surface area contributed by atoms with E-state index in [2.05, 4.69) is 5.32 Å². The van der Waals surface area contributed by atoms with Crippen LogP contribution in [0.5, 0.6) is 11.5 Å². The normalized spacial score (nSPS) is 15.4. The minimum Gasteiger partial charge on any atom is -0.496 e. The van der Waals surface area contributed by atoms with Crippen LogP contribution in [0, 0.1) is 0 Å². The second kappa shape index (κ2) is 8.95. The molecule has 0 saturated carbocycles. The topological polar surface area (TPSA) is 64.6 Å². The fourth-order valence-corrected chi connectivity index (χ4v) is 3.91. The largest absolute Gasteiger partial charge is 0.496 e. The molecule has 0 spiro atoms. The van der Waals surface area contributed by atoms with Crippen LogP contribution in [0.4, 0.5) is 0 Å². The number of nitrogens with one attached hydrogen (secondary N) is 1. The number of amides is 1. The lowest BCUT2D eigenvalue weighted by atomic mass is 10.0. The Morgan fingerprint density at radius 2 is 2.07 bits per heavy atom. The van der Waals surface area contributed by atoms with E-state index >= 15 is 0 Å². The third-order valence-electron chi connectivity index (χ3n) is 4.47. The molecule has 1 atom stereocenters. The number of para-hydroxylation sites is 1. The molecule has 0 radical (unpaired) electrons. The van der Waals surface area contributed by atoms with Gasteiger partial charge >= 0.3 is 0 Å². The van der Waals surface area contributed by atoms with Crippen molar-refractivity contribution in [1.82, 2.24) is 5.32 Å². The maximum absolute atomic E-state index is 12.4. The van der Waals surface area contributed by atoms with Crippen LogP contribution >= 0.6 is 11.8 Å². The number of methoxy groups -OCH3 is 1. The third-order valence-corrected chi connectivity index (χ3v) is 5.45. The Morgan fingerprint density at radius 1 is 1.26 bits per heavy atom. The van der Waals surface area contributed by atoms with E-state index in [4.69, 9.17) is 9.47 Å². The number of benzene rings is 2. The first-order valence-electron chi connectivity index (χ1n) is 8.85. The average Bonchev–Trinajstić information content (AvgIpc) is 2.68. The first-order valence-corrected chi connectivity index (χ1v) is 10.0. The highest BCUT2D eigenvalue weighted by Crippen LogP contribution is 2.31. The standard InChI is InChI=1S/C21H23NO4S/c1-14(23)15-7-8-19(25-2)16(11-15)12-27-13-21(24)22-18-9-10-26-20-6-4-3-5-17(18)20/h3-8,11,18H,9-10,12-13H2,1-2H3,(H,22,24). The van der Waals surface area contributed by atoms with Crippen LogP contribution in [-0.2, 0) is 10.5 Å². The molecule has 0 bridgehead atoms. The van der Waals surface area contributed by atoms with E-state index in [9.17, 15) is 9.59 Å². The highest BCUT2D eigenvalue weighted by molar-refractivity contribution is 7.99. The molecule has 1 aliphatic heterocycles. The van der Waals surface area contributed by atoms with Gasteiger partial charge in [0, 0.05) is 28.9 Å². The summed E-state index contributed by atoms with van der Waals surface area (Å²) in [6.07, 6.45) is 0.766. The van der Waals surface area contributed by atoms with Crippen LogP contribution < -0.4 is 14.8 Å². The highest BCUT2D eigenvalue weighted by Gasteiger charge is 2.22. The molecule has 0 fully saturated rings. The van der Waals surface area contributed by atoms with Crippen molar-refractivity contribution in [1.29, 1.82) is 0 Å². The molecule has 0 saturated heterocycles. The molecule has 3 rings (SSSR count). The predicted octanol–water partition coefficient (Wildman–Crippen LogP) is 3.77. The molecule has 0 aliphatic carbocycles. The van der Waals surface area contributed by atoms with Crippen molar-refractivity contribution in [3.05, 3.63) is 59.2 Å². The number of Topliss-reactive ketones (excluding diaryl/α,β-unsaturated/α-hetero) is 1. The van der Waals surface area contributed by atoms with E-state index in [1.54, 1.807) is 19.2 Å². The van der Waals surface area contributed by atoms with Crippen molar-refractivity contribution in [2.24, 2.45) is 0 Å². The van der Waals surface area contributed by atoms with Crippen LogP contribution in [0.1, 0.15) is 40.9 Å². The van der Waals surface area contributed by atoms with Gasteiger partial charge in [-0.2, -0.15) is 0 Å². The summed E-state index contributed by atoms with van der Waals surface area (Å²) in [5.41, 5.74) is 2.59. The van der Waals surface area contributed by atoms with Gasteiger partial charge < -0.3 is 14.8 Å². The van der Waals surface area contributed by atoms with Crippen molar-refractivity contribution >= 4 is 23.5 Å². The molecule has 27 heavy (non-hydrogen) atoms. The summed E-state index contributed by atoms with van der Waals surface area (Å²) in [5, 5.41) is 3.09. The lowest BCUT2D eigenvalue weighted by molar-refractivity contribution is -0.119. The number of hydrogen-bond donors (Lipinski definition) is 1. The average molecular weight is 385 g/mol. The molecular formula is C21H23NO4S. The predicted molar refractivity (Wildman–Crippen MR) is 107 cm³/mol. The van der Waals surface area contributed by atoms with Crippen molar-refractivity contribution in [2.75, 3.05) is 19.5 Å². The van der Waals surface area contributed by atoms with Crippen molar-refractivity contribution in [3.8, 4) is 11.5 Å². The second-order valence-electron chi connectivity index (χ2n) is 6.37. The van der Waals surface area contributed by atoms with E-state index < -0.39 is 0 Å². The van der Waals surface area contributed by atoms with Crippen LogP contribution in [0.2, 0.25) is 0 Å². The monoisotopic (exact) mass is 385 g/mol. The van der Waals surface area contributed by atoms with E-state index in [0.29, 0.717) is 23.7 Å². The zero-order chi connectivity index (χ0) is 19.2. The van der Waals surface area contributed by atoms with Gasteiger partial charge in [0.1, 0.15) is 11.5 Å². The quantitative estimate of drug-likeness (QED) is 0.735. The first-order chi connectivity index (χ1) is 13.1. The molecule has 1 aliphatic rings. The summed E-state index contributed by atoms with van der Waals surface area (Å²) in [6, 6.07) is 13.2. The number of carbonyl (C=O) groups excluding carboxylic acids is 2. The Labute approximate surface area is 163 Å². The number of ether oxygens (including phenoxy) is 2. The van der Waals surface area contributed by atoms with Gasteiger partial charge in [-0.25, -0.2) is 0 Å². The zero-order valence-electron chi connectivity index (χ0n) is 15.5. The Hall–Kier alpha value is -2.47. The van der Waals surface area contributed by atoms with Gasteiger partial charge in [-0.1, -0.05) is 18.2 Å². The van der Waals surface area contributed by atoms with E-state index in [-0.39, 0.29) is 17.7 Å². The molecule has 6 heteroatoms. The molecule has 1 unspecified atom stereocenters. The van der Waals surface area contributed by atoms with Crippen LogP contribution in [0.3, 0.4) is 0 Å². The summed E-state index contributed by atoms with van der Waals surface area (Å²) >= 11 is 1.50. The van der Waals surface area contributed by atoms with Gasteiger partial charge in [0.15, 0.2) is 5.78 Å². The number of ketones is 1. The SMILES string of the molecule is COc1ccc(C(C)=O)cc1CSCC(=O)NC1CCOc2ccccc21. The number of fused-ring (bicyclic) bond motifs is 1. The number of rotatable bonds is 7. The maximum atomic E-state index is 12.4. The molecule has 2 aromatic carbocycles. The highest BCUT2D eigenvalue weighted by atomic mass is 32.2. The Balaban J connectivity index is 1.56. The summed E-state index contributed by atoms with van der Waals surface area (Å²) in [4.78, 5) is 24.0. The van der Waals surface area contributed by atoms with E-state index in [0.717, 1.165) is 29.0 Å². The summed E-state index contributed by atoms with van der Waals surface area (Å²) in [6.45, 7) is 2.14. The van der Waals surface area contributed by atoms with Gasteiger partial charge in [0.25, 0.3) is 0 Å². The Morgan fingerprint density at radius 3 is 2.85 bits per heavy atom. The minimum atomic E-state index is -0.0152. The van der Waals surface area contributed by atoms with E-state index in [1.165, 1.54) is 18.7 Å². The van der Waals surface area contributed by atoms with Crippen molar-refractivity contribution in [2.45, 2.75) is 25.1 Å². The molecule has 142 valence electrons. The summed E-state index contributed by atoms with van der Waals surface area (Å²) in [7, 11) is 1.60.